The number of nitrogens with one attached hydrogen (secondary N) is 1. The molecule has 0 heterocycles. The van der Waals surface area contributed by atoms with Gasteiger partial charge >= 0.3 is 0 Å². The minimum absolute atomic E-state index is 0.0383. The summed E-state index contributed by atoms with van der Waals surface area (Å²) >= 11 is 0. The number of carbonyl (C=O) groups excluding carboxylic acids is 2. The fourth-order valence-corrected chi connectivity index (χ4v) is 6.96. The van der Waals surface area contributed by atoms with Crippen LogP contribution < -0.4 is 14.4 Å². The Bertz CT molecular complexity index is 1620. The molecule has 1 aliphatic carbocycles. The van der Waals surface area contributed by atoms with Gasteiger partial charge in [0.1, 0.15) is 18.3 Å². The summed E-state index contributed by atoms with van der Waals surface area (Å²) in [7, 11) is -3.01. The van der Waals surface area contributed by atoms with E-state index in [-0.39, 0.29) is 34.8 Å². The van der Waals surface area contributed by atoms with Gasteiger partial charge in [-0.2, -0.15) is 0 Å². The van der Waals surface area contributed by atoms with Crippen LogP contribution in [0, 0.1) is 24.0 Å². The Morgan fingerprint density at radius 3 is 2.24 bits per heavy atom. The highest BCUT2D eigenvalue weighted by Crippen LogP contribution is 2.30. The molecule has 1 N–H and O–H groups in total. The van der Waals surface area contributed by atoms with Crippen LogP contribution in [0.15, 0.2) is 71.6 Å². The Morgan fingerprint density at radius 2 is 1.67 bits per heavy atom. The first kappa shape index (κ1) is 33.4. The highest BCUT2D eigenvalue weighted by molar-refractivity contribution is 7.92. The Balaban J connectivity index is 1.75. The predicted molar refractivity (Wildman–Crippen MR) is 172 cm³/mol. The number of nitrogens with zero attached hydrogens (tertiary/aromatic N) is 3. The third kappa shape index (κ3) is 7.99. The highest BCUT2D eigenvalue weighted by Gasteiger charge is 2.35. The molecule has 3 aromatic rings. The lowest BCUT2D eigenvalue weighted by molar-refractivity contribution is -0.385. The van der Waals surface area contributed by atoms with Crippen molar-refractivity contribution in [2.45, 2.75) is 76.4 Å². The predicted octanol–water partition coefficient (Wildman–Crippen LogP) is 5.28. The number of anilines is 1. The van der Waals surface area contributed by atoms with Crippen LogP contribution in [-0.4, -0.2) is 55.8 Å². The molecule has 240 valence electrons. The molecule has 0 aliphatic heterocycles. The molecule has 0 bridgehead atoms. The number of methoxy groups -OCH3 is 1. The number of aryl methyl sites for hydroxylation is 2. The molecule has 0 unspecified atom stereocenters. The van der Waals surface area contributed by atoms with Crippen molar-refractivity contribution in [2.75, 3.05) is 18.0 Å². The zero-order valence-electron chi connectivity index (χ0n) is 26.1. The summed E-state index contributed by atoms with van der Waals surface area (Å²) in [4.78, 5) is 40.0. The van der Waals surface area contributed by atoms with Crippen molar-refractivity contribution < 1.29 is 27.7 Å². The molecule has 0 aromatic heterocycles. The number of ether oxygens (including phenoxy) is 1. The summed E-state index contributed by atoms with van der Waals surface area (Å²) < 4.78 is 34.5. The quantitative estimate of drug-likeness (QED) is 0.199. The molecule has 45 heavy (non-hydrogen) atoms. The minimum atomic E-state index is -4.48. The lowest BCUT2D eigenvalue weighted by atomic mass is 10.1. The Labute approximate surface area is 264 Å². The van der Waals surface area contributed by atoms with Gasteiger partial charge in [-0.3, -0.25) is 24.0 Å². The van der Waals surface area contributed by atoms with E-state index in [1.807, 2.05) is 38.1 Å². The van der Waals surface area contributed by atoms with E-state index in [2.05, 4.69) is 5.32 Å². The lowest BCUT2D eigenvalue weighted by Crippen LogP contribution is -2.53. The second-order valence-corrected chi connectivity index (χ2v) is 13.2. The van der Waals surface area contributed by atoms with Crippen LogP contribution >= 0.6 is 0 Å². The van der Waals surface area contributed by atoms with Crippen LogP contribution in [0.4, 0.5) is 11.4 Å². The third-order valence-electron chi connectivity index (χ3n) is 8.17. The van der Waals surface area contributed by atoms with Crippen LogP contribution in [0.5, 0.6) is 5.75 Å². The fourth-order valence-electron chi connectivity index (χ4n) is 5.53. The molecular weight excluding hydrogens is 596 g/mol. The lowest BCUT2D eigenvalue weighted by Gasteiger charge is -2.33. The maximum atomic E-state index is 14.3. The van der Waals surface area contributed by atoms with Gasteiger partial charge in [-0.05, 0) is 69.0 Å². The van der Waals surface area contributed by atoms with E-state index >= 15 is 0 Å². The van der Waals surface area contributed by atoms with Gasteiger partial charge in [-0.25, -0.2) is 8.42 Å². The molecule has 2 amide bonds. The monoisotopic (exact) mass is 636 g/mol. The Morgan fingerprint density at radius 1 is 1.02 bits per heavy atom. The molecule has 0 saturated heterocycles. The van der Waals surface area contributed by atoms with E-state index in [0.717, 1.165) is 47.2 Å². The second-order valence-electron chi connectivity index (χ2n) is 11.3. The van der Waals surface area contributed by atoms with Crippen LogP contribution in [0.25, 0.3) is 0 Å². The second kappa shape index (κ2) is 14.6. The number of rotatable bonds is 13. The van der Waals surface area contributed by atoms with Gasteiger partial charge in [-0.15, -0.1) is 0 Å². The molecule has 1 fully saturated rings. The van der Waals surface area contributed by atoms with Gasteiger partial charge in [0, 0.05) is 24.2 Å². The number of hydrogen-bond acceptors (Lipinski definition) is 7. The van der Waals surface area contributed by atoms with E-state index in [1.54, 1.807) is 12.1 Å². The van der Waals surface area contributed by atoms with Gasteiger partial charge in [0.25, 0.3) is 15.7 Å². The molecule has 0 radical (unpaired) electrons. The number of amides is 2. The first-order valence-electron chi connectivity index (χ1n) is 15.0. The van der Waals surface area contributed by atoms with Gasteiger partial charge in [0.15, 0.2) is 0 Å². The summed E-state index contributed by atoms with van der Waals surface area (Å²) in [5.74, 6) is -0.396. The summed E-state index contributed by atoms with van der Waals surface area (Å²) in [6, 6.07) is 16.5. The van der Waals surface area contributed by atoms with Crippen molar-refractivity contribution in [3.8, 4) is 5.75 Å². The number of sulfonamides is 1. The average molecular weight is 637 g/mol. The van der Waals surface area contributed by atoms with Gasteiger partial charge in [0.2, 0.25) is 11.8 Å². The average Bonchev–Trinajstić information content (AvgIpc) is 3.53. The molecule has 11 nitrogen and oxygen atoms in total. The van der Waals surface area contributed by atoms with Gasteiger partial charge in [-0.1, -0.05) is 55.7 Å². The standard InChI is InChI=1S/C33H40N4O7S/c1-5-30(33(39)34-26-8-6-7-9-26)35(21-25-13-10-23(2)11-14-25)32(38)22-36(27-15-17-28(44-4)18-16-27)45(42,43)29-19-12-24(3)31(20-29)37(40)41/h10-20,26,30H,5-9,21-22H2,1-4H3,(H,34,39)/t30-/m1/s1. The van der Waals surface area contributed by atoms with E-state index in [9.17, 15) is 28.1 Å². The molecule has 4 rings (SSSR count). The van der Waals surface area contributed by atoms with E-state index in [0.29, 0.717) is 17.7 Å². The van der Waals surface area contributed by atoms with Crippen molar-refractivity contribution in [3.63, 3.8) is 0 Å². The summed E-state index contributed by atoms with van der Waals surface area (Å²) in [5, 5.41) is 14.7. The first-order chi connectivity index (χ1) is 21.4. The molecule has 12 heteroatoms. The zero-order chi connectivity index (χ0) is 32.7. The number of benzene rings is 3. The first-order valence-corrected chi connectivity index (χ1v) is 16.5. The maximum Gasteiger partial charge on any atom is 0.273 e. The topological polar surface area (TPSA) is 139 Å². The molecule has 1 aliphatic rings. The molecular formula is C33H40N4O7S. The highest BCUT2D eigenvalue weighted by atomic mass is 32.2. The van der Waals surface area contributed by atoms with E-state index < -0.39 is 33.4 Å². The smallest absolute Gasteiger partial charge is 0.273 e. The molecule has 1 saturated carbocycles. The Kier molecular flexibility index (Phi) is 10.8. The van der Waals surface area contributed by atoms with Crippen molar-refractivity contribution in [2.24, 2.45) is 0 Å². The van der Waals surface area contributed by atoms with Crippen molar-refractivity contribution >= 4 is 33.2 Å². The summed E-state index contributed by atoms with van der Waals surface area (Å²) in [6.07, 6.45) is 4.12. The number of nitro benzene ring substituents is 1. The number of hydrogen-bond donors (Lipinski definition) is 1. The molecule has 0 spiro atoms. The number of carbonyl (C=O) groups is 2. The minimum Gasteiger partial charge on any atom is -0.497 e. The Hall–Kier alpha value is -4.45. The zero-order valence-corrected chi connectivity index (χ0v) is 26.9. The van der Waals surface area contributed by atoms with Gasteiger partial charge in [0.05, 0.1) is 22.6 Å². The van der Waals surface area contributed by atoms with Crippen molar-refractivity contribution in [1.29, 1.82) is 0 Å². The van der Waals surface area contributed by atoms with Gasteiger partial charge < -0.3 is 15.0 Å². The van der Waals surface area contributed by atoms with E-state index in [4.69, 9.17) is 4.74 Å². The van der Waals surface area contributed by atoms with Crippen LogP contribution in [-0.2, 0) is 26.2 Å². The fraction of sp³-hybridized carbons (Fsp3) is 0.394. The summed E-state index contributed by atoms with van der Waals surface area (Å²) in [6.45, 7) is 4.72. The van der Waals surface area contributed by atoms with Crippen LogP contribution in [0.3, 0.4) is 0 Å². The van der Waals surface area contributed by atoms with Crippen molar-refractivity contribution in [1.82, 2.24) is 10.2 Å². The molecule has 1 atom stereocenters. The SMILES string of the molecule is CC[C@H](C(=O)NC1CCCC1)N(Cc1ccc(C)cc1)C(=O)CN(c1ccc(OC)cc1)S(=O)(=O)c1ccc(C)c([N+](=O)[O-])c1. The number of nitro groups is 1. The third-order valence-corrected chi connectivity index (χ3v) is 9.94. The largest absolute Gasteiger partial charge is 0.497 e. The van der Waals surface area contributed by atoms with Crippen molar-refractivity contribution in [3.05, 3.63) is 93.5 Å². The molecule has 3 aromatic carbocycles. The van der Waals surface area contributed by atoms with Crippen LogP contribution in [0.1, 0.15) is 55.7 Å². The normalized spacial score (nSPS) is 14.0. The summed E-state index contributed by atoms with van der Waals surface area (Å²) in [5.41, 5.74) is 1.92. The maximum absolute atomic E-state index is 14.3. The van der Waals surface area contributed by atoms with Crippen LogP contribution in [0.2, 0.25) is 0 Å². The van der Waals surface area contributed by atoms with E-state index in [1.165, 1.54) is 43.2 Å².